The van der Waals surface area contributed by atoms with Crippen LogP contribution in [0, 0.1) is 0 Å². The lowest BCUT2D eigenvalue weighted by molar-refractivity contribution is 0.106. The van der Waals surface area contributed by atoms with Gasteiger partial charge in [-0.15, -0.1) is 0 Å². The van der Waals surface area contributed by atoms with E-state index in [-0.39, 0.29) is 0 Å². The average molecular weight is 345 g/mol. The minimum absolute atomic E-state index is 0.307. The van der Waals surface area contributed by atoms with Crippen LogP contribution in [0.25, 0.3) is 0 Å². The minimum atomic E-state index is -0.483. The van der Waals surface area contributed by atoms with Crippen LogP contribution in [0.2, 0.25) is 0 Å². The summed E-state index contributed by atoms with van der Waals surface area (Å²) >= 11 is 3.39. The van der Waals surface area contributed by atoms with Crippen molar-refractivity contribution < 1.29 is 9.84 Å². The van der Waals surface area contributed by atoms with E-state index in [0.717, 1.165) is 29.7 Å². The molecule has 114 valence electrons. The predicted molar refractivity (Wildman–Crippen MR) is 86.3 cm³/mol. The fraction of sp³-hybridized carbons (Fsp3) is 0.600. The maximum atomic E-state index is 9.82. The smallest absolute Gasteiger partial charge is 0.120 e. The second-order valence-electron chi connectivity index (χ2n) is 5.14. The normalized spacial score (nSPS) is 12.7. The molecule has 0 aromatic heterocycles. The predicted octanol–water partition coefficient (Wildman–Crippen LogP) is 2.12. The number of ether oxygens (including phenoxy) is 1. The quantitative estimate of drug-likeness (QED) is 0.638. The molecule has 1 unspecified atom stereocenters. The molecule has 2 N–H and O–H groups in total. The Balaban J connectivity index is 2.04. The molecular weight excluding hydrogens is 320 g/mol. The van der Waals surface area contributed by atoms with Gasteiger partial charge in [-0.3, -0.25) is 0 Å². The maximum Gasteiger partial charge on any atom is 0.120 e. The number of aliphatic hydroxyl groups is 1. The van der Waals surface area contributed by atoms with E-state index < -0.39 is 6.10 Å². The number of hydrogen-bond acceptors (Lipinski definition) is 4. The van der Waals surface area contributed by atoms with Gasteiger partial charge in [-0.05, 0) is 58.2 Å². The zero-order valence-electron chi connectivity index (χ0n) is 12.3. The Morgan fingerprint density at radius 3 is 2.85 bits per heavy atom. The summed E-state index contributed by atoms with van der Waals surface area (Å²) in [5, 5.41) is 13.1. The topological polar surface area (TPSA) is 44.7 Å². The Bertz CT molecular complexity index is 375. The molecule has 0 spiro atoms. The third-order valence-corrected chi connectivity index (χ3v) is 3.32. The molecule has 1 aromatic carbocycles. The Morgan fingerprint density at radius 1 is 1.35 bits per heavy atom. The van der Waals surface area contributed by atoms with Crippen molar-refractivity contribution in [1.82, 2.24) is 10.2 Å². The number of hydrogen-bond donors (Lipinski definition) is 2. The van der Waals surface area contributed by atoms with Crippen molar-refractivity contribution in [1.29, 1.82) is 0 Å². The van der Waals surface area contributed by atoms with Crippen molar-refractivity contribution >= 4 is 15.9 Å². The summed E-state index contributed by atoms with van der Waals surface area (Å²) in [7, 11) is 4.16. The first-order valence-electron chi connectivity index (χ1n) is 7.00. The number of aliphatic hydroxyl groups excluding tert-OH is 1. The van der Waals surface area contributed by atoms with Crippen molar-refractivity contribution in [2.75, 3.05) is 40.3 Å². The zero-order valence-corrected chi connectivity index (χ0v) is 13.9. The van der Waals surface area contributed by atoms with Crippen LogP contribution in [0.4, 0.5) is 0 Å². The van der Waals surface area contributed by atoms with Gasteiger partial charge >= 0.3 is 0 Å². The molecule has 0 heterocycles. The molecule has 1 aromatic rings. The number of benzene rings is 1. The van der Waals surface area contributed by atoms with Gasteiger partial charge < -0.3 is 20.1 Å². The largest absolute Gasteiger partial charge is 0.491 e. The lowest BCUT2D eigenvalue weighted by Crippen LogP contribution is -2.32. The van der Waals surface area contributed by atoms with Crippen LogP contribution in [0.15, 0.2) is 28.7 Å². The van der Waals surface area contributed by atoms with E-state index in [1.165, 1.54) is 6.42 Å². The molecule has 1 rings (SSSR count). The van der Waals surface area contributed by atoms with Crippen LogP contribution >= 0.6 is 15.9 Å². The second-order valence-corrected chi connectivity index (χ2v) is 6.05. The molecule has 0 aliphatic carbocycles. The standard InChI is InChI=1S/C15H25BrN2O2/c1-18(2)9-4-3-8-17-11-14(19)12-20-15-7-5-6-13(16)10-15/h5-7,10,14,17,19H,3-4,8-9,11-12H2,1-2H3. The van der Waals surface area contributed by atoms with Crippen LogP contribution in [0.1, 0.15) is 12.8 Å². The molecule has 0 aliphatic rings. The van der Waals surface area contributed by atoms with Gasteiger partial charge in [0.2, 0.25) is 0 Å². The van der Waals surface area contributed by atoms with Crippen LogP contribution in [0.5, 0.6) is 5.75 Å². The van der Waals surface area contributed by atoms with E-state index >= 15 is 0 Å². The number of halogens is 1. The van der Waals surface area contributed by atoms with Crippen LogP contribution in [-0.4, -0.2) is 56.4 Å². The zero-order chi connectivity index (χ0) is 14.8. The minimum Gasteiger partial charge on any atom is -0.491 e. The SMILES string of the molecule is CN(C)CCCCNCC(O)COc1cccc(Br)c1. The van der Waals surface area contributed by atoms with Crippen LogP contribution in [-0.2, 0) is 0 Å². The van der Waals surface area contributed by atoms with Gasteiger partial charge in [0.1, 0.15) is 18.5 Å². The summed E-state index contributed by atoms with van der Waals surface area (Å²) in [6.07, 6.45) is 1.81. The molecular formula is C15H25BrN2O2. The Hall–Kier alpha value is -0.620. The molecule has 4 nitrogen and oxygen atoms in total. The molecule has 0 saturated heterocycles. The highest BCUT2D eigenvalue weighted by Gasteiger charge is 2.05. The summed E-state index contributed by atoms with van der Waals surface area (Å²) in [6.45, 7) is 2.91. The van der Waals surface area contributed by atoms with Crippen molar-refractivity contribution in [2.24, 2.45) is 0 Å². The Labute approximate surface area is 130 Å². The Morgan fingerprint density at radius 2 is 2.15 bits per heavy atom. The summed E-state index contributed by atoms with van der Waals surface area (Å²) in [5.74, 6) is 0.768. The molecule has 0 radical (unpaired) electrons. The van der Waals surface area contributed by atoms with Crippen molar-refractivity contribution in [3.8, 4) is 5.75 Å². The van der Waals surface area contributed by atoms with E-state index in [2.05, 4.69) is 40.2 Å². The number of nitrogens with zero attached hydrogens (tertiary/aromatic N) is 1. The van der Waals surface area contributed by atoms with Gasteiger partial charge in [0.05, 0.1) is 0 Å². The first-order chi connectivity index (χ1) is 9.58. The highest BCUT2D eigenvalue weighted by molar-refractivity contribution is 9.10. The average Bonchev–Trinajstić information content (AvgIpc) is 2.40. The summed E-state index contributed by atoms with van der Waals surface area (Å²) in [4.78, 5) is 2.18. The number of nitrogens with one attached hydrogen (secondary N) is 1. The van der Waals surface area contributed by atoms with E-state index in [4.69, 9.17) is 4.74 Å². The number of rotatable bonds is 10. The second kappa shape index (κ2) is 10.2. The lowest BCUT2D eigenvalue weighted by Gasteiger charge is -2.14. The first-order valence-corrected chi connectivity index (χ1v) is 7.79. The monoisotopic (exact) mass is 344 g/mol. The summed E-state index contributed by atoms with van der Waals surface area (Å²) in [6, 6.07) is 7.63. The van der Waals surface area contributed by atoms with Gasteiger partial charge in [-0.2, -0.15) is 0 Å². The van der Waals surface area contributed by atoms with E-state index in [0.29, 0.717) is 13.2 Å². The molecule has 0 saturated carbocycles. The van der Waals surface area contributed by atoms with E-state index in [1.807, 2.05) is 24.3 Å². The summed E-state index contributed by atoms with van der Waals surface area (Å²) < 4.78 is 6.51. The fourth-order valence-corrected chi connectivity index (χ4v) is 2.13. The number of unbranched alkanes of at least 4 members (excludes halogenated alkanes) is 1. The van der Waals surface area contributed by atoms with Gasteiger partial charge in [-0.25, -0.2) is 0 Å². The van der Waals surface area contributed by atoms with Crippen molar-refractivity contribution in [3.63, 3.8) is 0 Å². The lowest BCUT2D eigenvalue weighted by atomic mass is 10.3. The highest BCUT2D eigenvalue weighted by atomic mass is 79.9. The molecule has 0 amide bonds. The maximum absolute atomic E-state index is 9.82. The molecule has 1 atom stereocenters. The van der Waals surface area contributed by atoms with Gasteiger partial charge in [0.15, 0.2) is 0 Å². The molecule has 0 fully saturated rings. The molecule has 20 heavy (non-hydrogen) atoms. The van der Waals surface area contributed by atoms with Gasteiger partial charge in [-0.1, -0.05) is 22.0 Å². The van der Waals surface area contributed by atoms with Crippen LogP contribution in [0.3, 0.4) is 0 Å². The third kappa shape index (κ3) is 8.53. The summed E-state index contributed by atoms with van der Waals surface area (Å²) in [5.41, 5.74) is 0. The molecule has 5 heteroatoms. The van der Waals surface area contributed by atoms with Gasteiger partial charge in [0.25, 0.3) is 0 Å². The highest BCUT2D eigenvalue weighted by Crippen LogP contribution is 2.17. The van der Waals surface area contributed by atoms with Crippen LogP contribution < -0.4 is 10.1 Å². The molecule has 0 aliphatic heterocycles. The molecule has 0 bridgehead atoms. The van der Waals surface area contributed by atoms with E-state index in [1.54, 1.807) is 0 Å². The van der Waals surface area contributed by atoms with E-state index in [9.17, 15) is 5.11 Å². The van der Waals surface area contributed by atoms with Gasteiger partial charge in [0, 0.05) is 11.0 Å². The first kappa shape index (κ1) is 17.4. The third-order valence-electron chi connectivity index (χ3n) is 2.83. The van der Waals surface area contributed by atoms with Crippen molar-refractivity contribution in [2.45, 2.75) is 18.9 Å². The van der Waals surface area contributed by atoms with Crippen molar-refractivity contribution in [3.05, 3.63) is 28.7 Å². The Kier molecular flexibility index (Phi) is 8.85. The fourth-order valence-electron chi connectivity index (χ4n) is 1.75.